The van der Waals surface area contributed by atoms with Gasteiger partial charge in [-0.05, 0) is 30.8 Å². The number of ether oxygens (including phenoxy) is 1. The van der Waals surface area contributed by atoms with Crippen LogP contribution in [-0.2, 0) is 13.1 Å². The Bertz CT molecular complexity index is 653. The first-order chi connectivity index (χ1) is 12.2. The molecule has 0 saturated carbocycles. The van der Waals surface area contributed by atoms with Crippen LogP contribution in [0.1, 0.15) is 34.9 Å². The number of thiazole rings is 1. The molecule has 1 aromatic carbocycles. The lowest BCUT2D eigenvalue weighted by atomic mass is 10.2. The van der Waals surface area contributed by atoms with Crippen LogP contribution < -0.4 is 15.8 Å². The summed E-state index contributed by atoms with van der Waals surface area (Å²) in [6.07, 6.45) is 0. The molecule has 0 bridgehead atoms. The number of aromatic nitrogens is 1. The number of nitrogens with one attached hydrogen (secondary N) is 1. The molecular weight excluding hydrogens is 336 g/mol. The fraction of sp³-hybridized carbons (Fsp3) is 0.444. The zero-order valence-corrected chi connectivity index (χ0v) is 15.6. The molecule has 0 aliphatic heterocycles. The third kappa shape index (κ3) is 6.12. The zero-order chi connectivity index (χ0) is 18.1. The molecule has 0 unspecified atom stereocenters. The lowest BCUT2D eigenvalue weighted by Gasteiger charge is -2.18. The Morgan fingerprint density at radius 2 is 2.00 bits per heavy atom. The molecule has 0 spiro atoms. The highest BCUT2D eigenvalue weighted by atomic mass is 32.1. The van der Waals surface area contributed by atoms with Crippen LogP contribution in [-0.4, -0.2) is 42.0 Å². The van der Waals surface area contributed by atoms with Crippen LogP contribution in [0.2, 0.25) is 0 Å². The van der Waals surface area contributed by atoms with Crippen LogP contribution >= 0.6 is 11.3 Å². The summed E-state index contributed by atoms with van der Waals surface area (Å²) in [5.41, 5.74) is 6.94. The topological polar surface area (TPSA) is 80.5 Å². The first-order valence-electron chi connectivity index (χ1n) is 8.53. The van der Waals surface area contributed by atoms with Gasteiger partial charge in [0.05, 0.1) is 0 Å². The largest absolute Gasteiger partial charge is 0.492 e. The van der Waals surface area contributed by atoms with Crippen molar-refractivity contribution in [3.05, 3.63) is 45.9 Å². The Morgan fingerprint density at radius 1 is 1.28 bits per heavy atom. The molecule has 25 heavy (non-hydrogen) atoms. The summed E-state index contributed by atoms with van der Waals surface area (Å²) in [5.74, 6) is 0.657. The van der Waals surface area contributed by atoms with Gasteiger partial charge in [0.25, 0.3) is 5.91 Å². The van der Waals surface area contributed by atoms with Crippen molar-refractivity contribution in [2.75, 3.05) is 26.2 Å². The molecule has 1 aromatic heterocycles. The molecule has 0 saturated heterocycles. The van der Waals surface area contributed by atoms with Crippen LogP contribution in [0.3, 0.4) is 0 Å². The lowest BCUT2D eigenvalue weighted by Crippen LogP contribution is -2.27. The van der Waals surface area contributed by atoms with Gasteiger partial charge >= 0.3 is 0 Å². The second-order valence-corrected chi connectivity index (χ2v) is 6.48. The van der Waals surface area contributed by atoms with E-state index >= 15 is 0 Å². The molecule has 0 aliphatic carbocycles. The van der Waals surface area contributed by atoms with E-state index in [0.717, 1.165) is 36.0 Å². The van der Waals surface area contributed by atoms with Gasteiger partial charge in [-0.3, -0.25) is 4.79 Å². The molecule has 0 radical (unpaired) electrons. The number of likely N-dealkylation sites (N-methyl/N-ethyl adjacent to an activating group) is 1. The Hall–Kier alpha value is -1.96. The summed E-state index contributed by atoms with van der Waals surface area (Å²) in [5, 5.41) is 5.35. The van der Waals surface area contributed by atoms with Crippen molar-refractivity contribution in [1.29, 1.82) is 0 Å². The van der Waals surface area contributed by atoms with Gasteiger partial charge in [0.2, 0.25) is 0 Å². The molecule has 6 nitrogen and oxygen atoms in total. The Labute approximate surface area is 153 Å². The number of carbonyl (C=O) groups is 1. The first-order valence-corrected chi connectivity index (χ1v) is 9.41. The van der Waals surface area contributed by atoms with Crippen molar-refractivity contribution < 1.29 is 9.53 Å². The smallest absolute Gasteiger partial charge is 0.271 e. The third-order valence-corrected chi connectivity index (χ3v) is 4.78. The first kappa shape index (κ1) is 19.4. The summed E-state index contributed by atoms with van der Waals surface area (Å²) in [7, 11) is 0. The number of rotatable bonds is 10. The maximum Gasteiger partial charge on any atom is 0.271 e. The lowest BCUT2D eigenvalue weighted by molar-refractivity contribution is 0.0946. The van der Waals surface area contributed by atoms with Crippen molar-refractivity contribution in [3.63, 3.8) is 0 Å². The molecule has 136 valence electrons. The van der Waals surface area contributed by atoms with E-state index < -0.39 is 0 Å². The van der Waals surface area contributed by atoms with Crippen molar-refractivity contribution in [2.24, 2.45) is 5.73 Å². The number of amides is 1. The van der Waals surface area contributed by atoms with Gasteiger partial charge in [0.1, 0.15) is 23.1 Å². The normalized spacial score (nSPS) is 10.9. The predicted octanol–water partition coefficient (Wildman–Crippen LogP) is 2.25. The predicted molar refractivity (Wildman–Crippen MR) is 101 cm³/mol. The van der Waals surface area contributed by atoms with E-state index in [1.54, 1.807) is 5.38 Å². The molecule has 7 heteroatoms. The maximum atomic E-state index is 12.0. The fourth-order valence-corrected chi connectivity index (χ4v) is 2.97. The second-order valence-electron chi connectivity index (χ2n) is 5.53. The van der Waals surface area contributed by atoms with E-state index in [4.69, 9.17) is 10.5 Å². The van der Waals surface area contributed by atoms with E-state index in [1.165, 1.54) is 11.3 Å². The third-order valence-electron chi connectivity index (χ3n) is 3.91. The van der Waals surface area contributed by atoms with Gasteiger partial charge < -0.3 is 20.7 Å². The molecule has 1 heterocycles. The van der Waals surface area contributed by atoms with Crippen molar-refractivity contribution in [2.45, 2.75) is 26.9 Å². The van der Waals surface area contributed by atoms with Gasteiger partial charge in [0.15, 0.2) is 0 Å². The van der Waals surface area contributed by atoms with E-state index in [2.05, 4.69) is 29.0 Å². The summed E-state index contributed by atoms with van der Waals surface area (Å²) in [4.78, 5) is 18.5. The Kier molecular flexibility index (Phi) is 7.84. The number of hydrogen-bond donors (Lipinski definition) is 2. The molecule has 2 aromatic rings. The van der Waals surface area contributed by atoms with Crippen LogP contribution in [0.15, 0.2) is 29.6 Å². The van der Waals surface area contributed by atoms with Crippen LogP contribution in [0.25, 0.3) is 0 Å². The zero-order valence-electron chi connectivity index (χ0n) is 14.8. The van der Waals surface area contributed by atoms with E-state index in [-0.39, 0.29) is 5.91 Å². The Balaban J connectivity index is 1.77. The van der Waals surface area contributed by atoms with Gasteiger partial charge in [-0.2, -0.15) is 0 Å². The summed E-state index contributed by atoms with van der Waals surface area (Å²) >= 11 is 1.40. The average Bonchev–Trinajstić information content (AvgIpc) is 3.13. The van der Waals surface area contributed by atoms with Gasteiger partial charge in [-0.25, -0.2) is 4.98 Å². The number of hydrogen-bond acceptors (Lipinski definition) is 6. The summed E-state index contributed by atoms with van der Waals surface area (Å²) < 4.78 is 5.76. The number of carbonyl (C=O) groups excluding carboxylic acids is 1. The number of nitrogens with zero attached hydrogens (tertiary/aromatic N) is 2. The Morgan fingerprint density at radius 3 is 2.60 bits per heavy atom. The average molecular weight is 362 g/mol. The minimum atomic E-state index is -0.185. The van der Waals surface area contributed by atoms with Crippen LogP contribution in [0.5, 0.6) is 5.75 Å². The summed E-state index contributed by atoms with van der Waals surface area (Å²) in [6, 6.07) is 7.77. The number of benzene rings is 1. The molecule has 3 N–H and O–H groups in total. The molecule has 1 amide bonds. The highest BCUT2D eigenvalue weighted by Gasteiger charge is 2.09. The molecule has 0 atom stereocenters. The van der Waals surface area contributed by atoms with E-state index in [9.17, 15) is 4.79 Å². The van der Waals surface area contributed by atoms with Crippen molar-refractivity contribution in [1.82, 2.24) is 15.2 Å². The minimum absolute atomic E-state index is 0.185. The van der Waals surface area contributed by atoms with E-state index in [1.807, 2.05) is 24.3 Å². The maximum absolute atomic E-state index is 12.0. The monoisotopic (exact) mass is 362 g/mol. The molecule has 0 fully saturated rings. The summed E-state index contributed by atoms with van der Waals surface area (Å²) in [6.45, 7) is 8.76. The SMILES string of the molecule is CCN(CC)CCOc1ccc(CNC(=O)c2csc(CN)n2)cc1. The van der Waals surface area contributed by atoms with Gasteiger partial charge in [-0.15, -0.1) is 11.3 Å². The molecular formula is C18H26N4O2S. The second kappa shape index (κ2) is 10.1. The van der Waals surface area contributed by atoms with Gasteiger partial charge in [0, 0.05) is 25.0 Å². The van der Waals surface area contributed by atoms with Crippen molar-refractivity contribution in [3.8, 4) is 5.75 Å². The van der Waals surface area contributed by atoms with E-state index in [0.29, 0.717) is 25.4 Å². The quantitative estimate of drug-likeness (QED) is 0.678. The highest BCUT2D eigenvalue weighted by molar-refractivity contribution is 7.09. The standard InChI is InChI=1S/C18H26N4O2S/c1-3-22(4-2)9-10-24-15-7-5-14(6-8-15)12-20-18(23)16-13-25-17(11-19)21-16/h5-8,13H,3-4,9-12,19H2,1-2H3,(H,20,23). The molecule has 0 aliphatic rings. The van der Waals surface area contributed by atoms with Crippen LogP contribution in [0, 0.1) is 0 Å². The minimum Gasteiger partial charge on any atom is -0.492 e. The molecule has 2 rings (SSSR count). The van der Waals surface area contributed by atoms with Crippen LogP contribution in [0.4, 0.5) is 0 Å². The van der Waals surface area contributed by atoms with Crippen molar-refractivity contribution >= 4 is 17.2 Å². The highest BCUT2D eigenvalue weighted by Crippen LogP contribution is 2.13. The van der Waals surface area contributed by atoms with Gasteiger partial charge in [-0.1, -0.05) is 26.0 Å². The number of nitrogens with two attached hydrogens (primary N) is 1. The fourth-order valence-electron chi connectivity index (χ4n) is 2.32.